The van der Waals surface area contributed by atoms with Crippen molar-refractivity contribution in [1.29, 1.82) is 0 Å². The highest BCUT2D eigenvalue weighted by molar-refractivity contribution is 6.27. The molecule has 0 aliphatic rings. The standard InChI is InChI=1S/C88H52O2/c1-2-19-54(20-3-1)75-48-60(41-44-74(75)86-72-34-16-14-32-70(72)84(71-33-15-17-35-73(71)86)61-42-45-80-77(50-61)78-47-57-22-4-5-23-58(57)52-82(78)89-80)76-49-59-24-7-9-27-65(59)87-79-51-62(43-46-81(79)90-88(76)87)85-68-30-12-10-28-66(68)83(67-29-11-13-31-69(67)85)56-39-37-55(38-40-56)64-36-18-25-53-21-6-8-26-63(53)64/h1-52H. The van der Waals surface area contributed by atoms with E-state index >= 15 is 0 Å². The fraction of sp³-hybridized carbons (Fsp3) is 0. The Balaban J connectivity index is 0.778. The largest absolute Gasteiger partial charge is 0.456 e. The maximum Gasteiger partial charge on any atom is 0.143 e. The van der Waals surface area contributed by atoms with Crippen molar-refractivity contribution >= 4 is 119 Å². The summed E-state index contributed by atoms with van der Waals surface area (Å²) in [6.07, 6.45) is 0. The van der Waals surface area contributed by atoms with Gasteiger partial charge in [-0.25, -0.2) is 0 Å². The van der Waals surface area contributed by atoms with Crippen LogP contribution in [-0.4, -0.2) is 0 Å². The SMILES string of the molecule is c1ccc(-c2cc(-c3cc4ccccc4c4c3oc3ccc(-c5c6ccccc6c(-c6ccc(-c7cccc8ccccc78)cc6)c6ccccc56)cc34)ccc2-c2c3ccccc3c(-c3ccc4oc5cc6ccccc6cc5c4c3)c3ccccc23)cc1. The lowest BCUT2D eigenvalue weighted by Gasteiger charge is -2.20. The zero-order valence-corrected chi connectivity index (χ0v) is 48.8. The number of fused-ring (bicyclic) bond motifs is 14. The van der Waals surface area contributed by atoms with Crippen LogP contribution in [0.25, 0.3) is 197 Å². The number of rotatable bonds is 7. The maximum atomic E-state index is 7.24. The van der Waals surface area contributed by atoms with Crippen LogP contribution in [0.1, 0.15) is 0 Å². The van der Waals surface area contributed by atoms with Crippen LogP contribution in [0.5, 0.6) is 0 Å². The second kappa shape index (κ2) is 19.8. The number of hydrogen-bond acceptors (Lipinski definition) is 2. The molecule has 0 bridgehead atoms. The van der Waals surface area contributed by atoms with Crippen LogP contribution >= 0.6 is 0 Å². The quantitative estimate of drug-likeness (QED) is 0.149. The van der Waals surface area contributed by atoms with Gasteiger partial charge >= 0.3 is 0 Å². The van der Waals surface area contributed by atoms with Gasteiger partial charge in [0.2, 0.25) is 0 Å². The first-order valence-electron chi connectivity index (χ1n) is 31.0. The Labute approximate surface area is 518 Å². The lowest BCUT2D eigenvalue weighted by Crippen LogP contribution is -1.93. The summed E-state index contributed by atoms with van der Waals surface area (Å²) in [5.74, 6) is 0. The Bertz CT molecular complexity index is 6080. The molecule has 0 saturated heterocycles. The van der Waals surface area contributed by atoms with Gasteiger partial charge in [0.25, 0.3) is 0 Å². The van der Waals surface area contributed by atoms with Crippen LogP contribution in [0.2, 0.25) is 0 Å². The van der Waals surface area contributed by atoms with Crippen molar-refractivity contribution in [1.82, 2.24) is 0 Å². The van der Waals surface area contributed by atoms with E-state index in [9.17, 15) is 0 Å². The molecule has 0 unspecified atom stereocenters. The van der Waals surface area contributed by atoms with Gasteiger partial charge < -0.3 is 8.83 Å². The lowest BCUT2D eigenvalue weighted by molar-refractivity contribution is 0.669. The summed E-state index contributed by atoms with van der Waals surface area (Å²) in [4.78, 5) is 0. The molecule has 0 aliphatic carbocycles. The van der Waals surface area contributed by atoms with E-state index in [1.54, 1.807) is 0 Å². The summed E-state index contributed by atoms with van der Waals surface area (Å²) >= 11 is 0. The van der Waals surface area contributed by atoms with E-state index in [2.05, 4.69) is 315 Å². The lowest BCUT2D eigenvalue weighted by atomic mass is 9.82. The van der Waals surface area contributed by atoms with Crippen molar-refractivity contribution < 1.29 is 8.83 Å². The third-order valence-corrected chi connectivity index (χ3v) is 19.2. The van der Waals surface area contributed by atoms with E-state index in [1.165, 1.54) is 109 Å². The number of benzene rings is 17. The van der Waals surface area contributed by atoms with Crippen LogP contribution in [-0.2, 0) is 0 Å². The summed E-state index contributed by atoms with van der Waals surface area (Å²) in [5.41, 5.74) is 19.9. The Kier molecular flexibility index (Phi) is 11.1. The molecule has 19 aromatic rings. The van der Waals surface area contributed by atoms with Gasteiger partial charge in [-0.15, -0.1) is 0 Å². The Morgan fingerprint density at radius 2 is 0.600 bits per heavy atom. The molecule has 2 nitrogen and oxygen atoms in total. The zero-order chi connectivity index (χ0) is 59.0. The summed E-state index contributed by atoms with van der Waals surface area (Å²) in [6.45, 7) is 0. The number of hydrogen-bond donors (Lipinski definition) is 0. The highest BCUT2D eigenvalue weighted by atomic mass is 16.3. The van der Waals surface area contributed by atoms with Crippen LogP contribution in [0.15, 0.2) is 324 Å². The predicted octanol–water partition coefficient (Wildman–Crippen LogP) is 25.2. The first-order valence-corrected chi connectivity index (χ1v) is 31.0. The third-order valence-electron chi connectivity index (χ3n) is 19.2. The molecule has 19 rings (SSSR count). The summed E-state index contributed by atoms with van der Waals surface area (Å²) < 4.78 is 13.8. The molecule has 0 radical (unpaired) electrons. The van der Waals surface area contributed by atoms with Crippen LogP contribution in [0, 0.1) is 0 Å². The maximum absolute atomic E-state index is 7.24. The molecule has 2 heterocycles. The van der Waals surface area contributed by atoms with E-state index in [-0.39, 0.29) is 0 Å². The van der Waals surface area contributed by atoms with Gasteiger partial charge in [0.05, 0.1) is 0 Å². The molecule has 0 N–H and O–H groups in total. The van der Waals surface area contributed by atoms with Crippen LogP contribution in [0.3, 0.4) is 0 Å². The Morgan fingerprint density at radius 3 is 1.22 bits per heavy atom. The van der Waals surface area contributed by atoms with Gasteiger partial charge in [0.15, 0.2) is 0 Å². The molecule has 17 aromatic carbocycles. The summed E-state index contributed by atoms with van der Waals surface area (Å²) in [6, 6.07) is 116. The first kappa shape index (κ1) is 50.3. The van der Waals surface area contributed by atoms with Crippen molar-refractivity contribution in [2.75, 3.05) is 0 Å². The van der Waals surface area contributed by atoms with Gasteiger partial charge in [0.1, 0.15) is 22.3 Å². The molecule has 0 atom stereocenters. The number of furan rings is 2. The topological polar surface area (TPSA) is 26.3 Å². The Morgan fingerprint density at radius 1 is 0.167 bits per heavy atom. The van der Waals surface area contributed by atoms with E-state index < -0.39 is 0 Å². The molecule has 416 valence electrons. The molecule has 90 heavy (non-hydrogen) atoms. The fourth-order valence-electron chi connectivity index (χ4n) is 15.2. The first-order chi connectivity index (χ1) is 44.6. The molecule has 2 heteroatoms. The van der Waals surface area contributed by atoms with Crippen molar-refractivity contribution in [3.05, 3.63) is 315 Å². The molecule has 0 spiro atoms. The third kappa shape index (κ3) is 7.71. The molecule has 2 aromatic heterocycles. The molecule has 0 fully saturated rings. The van der Waals surface area contributed by atoms with E-state index in [4.69, 9.17) is 8.83 Å². The minimum absolute atomic E-state index is 0.856. The van der Waals surface area contributed by atoms with Crippen molar-refractivity contribution in [3.63, 3.8) is 0 Å². The molecule has 0 aliphatic heterocycles. The Hall–Kier alpha value is -11.8. The van der Waals surface area contributed by atoms with Gasteiger partial charge in [0, 0.05) is 27.1 Å². The van der Waals surface area contributed by atoms with E-state index in [0.29, 0.717) is 0 Å². The second-order valence-corrected chi connectivity index (χ2v) is 24.1. The molecular formula is C88H52O2. The highest BCUT2D eigenvalue weighted by Gasteiger charge is 2.24. The average molecular weight is 1140 g/mol. The normalized spacial score (nSPS) is 12.0. The summed E-state index contributed by atoms with van der Waals surface area (Å²) in [5, 5.41) is 21.3. The minimum Gasteiger partial charge on any atom is -0.456 e. The van der Waals surface area contributed by atoms with E-state index in [1.807, 2.05) is 0 Å². The van der Waals surface area contributed by atoms with Gasteiger partial charge in [-0.3, -0.25) is 0 Å². The zero-order valence-electron chi connectivity index (χ0n) is 48.8. The average Bonchev–Trinajstić information content (AvgIpc) is 1.17. The minimum atomic E-state index is 0.856. The van der Waals surface area contributed by atoms with Crippen LogP contribution in [0.4, 0.5) is 0 Å². The second-order valence-electron chi connectivity index (χ2n) is 24.1. The van der Waals surface area contributed by atoms with Crippen molar-refractivity contribution in [2.45, 2.75) is 0 Å². The van der Waals surface area contributed by atoms with Crippen molar-refractivity contribution in [2.24, 2.45) is 0 Å². The molecular weight excluding hydrogens is 1090 g/mol. The van der Waals surface area contributed by atoms with Gasteiger partial charge in [-0.2, -0.15) is 0 Å². The summed E-state index contributed by atoms with van der Waals surface area (Å²) in [7, 11) is 0. The highest BCUT2D eigenvalue weighted by Crippen LogP contribution is 2.51. The molecule has 0 amide bonds. The predicted molar refractivity (Wildman–Crippen MR) is 382 cm³/mol. The van der Waals surface area contributed by atoms with E-state index in [0.717, 1.165) is 88.0 Å². The molecule has 0 saturated carbocycles. The smallest absolute Gasteiger partial charge is 0.143 e. The van der Waals surface area contributed by atoms with Crippen LogP contribution < -0.4 is 0 Å². The van der Waals surface area contributed by atoms with Gasteiger partial charge in [-0.05, 0) is 196 Å². The fourth-order valence-corrected chi connectivity index (χ4v) is 15.2. The monoisotopic (exact) mass is 1140 g/mol. The van der Waals surface area contributed by atoms with Crippen molar-refractivity contribution in [3.8, 4) is 77.9 Å². The van der Waals surface area contributed by atoms with Gasteiger partial charge in [-0.1, -0.05) is 267 Å².